The van der Waals surface area contributed by atoms with Gasteiger partial charge in [0.15, 0.2) is 0 Å². The smallest absolute Gasteiger partial charge is 0.138 e. The summed E-state index contributed by atoms with van der Waals surface area (Å²) in [6, 6.07) is 2.28. The van der Waals surface area contributed by atoms with Gasteiger partial charge in [0.2, 0.25) is 0 Å². The predicted octanol–water partition coefficient (Wildman–Crippen LogP) is 2.73. The van der Waals surface area contributed by atoms with Gasteiger partial charge in [-0.1, -0.05) is 13.3 Å². The number of hydrogen-bond donors (Lipinski definition) is 1. The molecule has 2 N–H and O–H groups in total. The second-order valence-electron chi connectivity index (χ2n) is 5.49. The van der Waals surface area contributed by atoms with Crippen molar-refractivity contribution in [1.29, 1.82) is 0 Å². The zero-order valence-corrected chi connectivity index (χ0v) is 12.4. The molecule has 1 rings (SSSR count). The van der Waals surface area contributed by atoms with E-state index in [0.717, 1.165) is 25.0 Å². The van der Waals surface area contributed by atoms with Crippen molar-refractivity contribution in [3.63, 3.8) is 0 Å². The van der Waals surface area contributed by atoms with Crippen LogP contribution in [0.2, 0.25) is 0 Å². The molecule has 1 heterocycles. The highest BCUT2D eigenvalue weighted by atomic mass is 16.1. The molecule has 4 heteroatoms. The maximum atomic E-state index is 11.9. The standard InChI is InChI=1S/C15H27N3O/c1-4-13(7-9-16)5-6-15(19)11-14-8-10-18(17-14)12(2)3/h8,10,12-13H,4-7,9,11,16H2,1-3H3. The number of rotatable bonds is 9. The minimum atomic E-state index is 0.282. The highest BCUT2D eigenvalue weighted by molar-refractivity contribution is 5.80. The van der Waals surface area contributed by atoms with Crippen molar-refractivity contribution >= 4 is 5.78 Å². The minimum Gasteiger partial charge on any atom is -0.330 e. The number of aromatic nitrogens is 2. The molecule has 1 atom stereocenters. The average Bonchev–Trinajstić information content (AvgIpc) is 2.83. The highest BCUT2D eigenvalue weighted by Gasteiger charge is 2.11. The van der Waals surface area contributed by atoms with Crippen LogP contribution in [0.4, 0.5) is 0 Å². The molecule has 1 aromatic heterocycles. The Bertz CT molecular complexity index is 384. The van der Waals surface area contributed by atoms with Gasteiger partial charge in [0.25, 0.3) is 0 Å². The summed E-state index contributed by atoms with van der Waals surface area (Å²) in [6.07, 6.45) is 6.12. The fourth-order valence-electron chi connectivity index (χ4n) is 2.20. The molecule has 0 aliphatic heterocycles. The van der Waals surface area contributed by atoms with Crippen molar-refractivity contribution in [3.05, 3.63) is 18.0 Å². The van der Waals surface area contributed by atoms with Gasteiger partial charge in [-0.05, 0) is 45.2 Å². The van der Waals surface area contributed by atoms with E-state index in [-0.39, 0.29) is 5.78 Å². The number of nitrogens with two attached hydrogens (primary N) is 1. The van der Waals surface area contributed by atoms with Gasteiger partial charge >= 0.3 is 0 Å². The van der Waals surface area contributed by atoms with Gasteiger partial charge in [-0.25, -0.2) is 0 Å². The lowest BCUT2D eigenvalue weighted by molar-refractivity contribution is -0.118. The molecule has 0 saturated carbocycles. The molecule has 0 aliphatic carbocycles. The van der Waals surface area contributed by atoms with Crippen LogP contribution >= 0.6 is 0 Å². The van der Waals surface area contributed by atoms with Gasteiger partial charge in [0.05, 0.1) is 12.1 Å². The summed E-state index contributed by atoms with van der Waals surface area (Å²) in [6.45, 7) is 7.04. The normalized spacial score (nSPS) is 12.9. The van der Waals surface area contributed by atoms with Crippen molar-refractivity contribution in [1.82, 2.24) is 9.78 Å². The van der Waals surface area contributed by atoms with Crippen LogP contribution in [-0.4, -0.2) is 22.1 Å². The van der Waals surface area contributed by atoms with Gasteiger partial charge in [0, 0.05) is 18.7 Å². The molecule has 0 fully saturated rings. The van der Waals surface area contributed by atoms with E-state index in [4.69, 9.17) is 5.73 Å². The van der Waals surface area contributed by atoms with E-state index in [1.165, 1.54) is 0 Å². The zero-order valence-electron chi connectivity index (χ0n) is 12.4. The Hall–Kier alpha value is -1.16. The summed E-state index contributed by atoms with van der Waals surface area (Å²) in [5, 5.41) is 4.41. The number of carbonyl (C=O) groups is 1. The van der Waals surface area contributed by atoms with E-state index in [0.29, 0.717) is 31.3 Å². The van der Waals surface area contributed by atoms with E-state index in [2.05, 4.69) is 25.9 Å². The SMILES string of the molecule is CCC(CCN)CCC(=O)Cc1ccn(C(C)C)n1. The lowest BCUT2D eigenvalue weighted by atomic mass is 9.95. The van der Waals surface area contributed by atoms with E-state index in [1.807, 2.05) is 16.9 Å². The summed E-state index contributed by atoms with van der Waals surface area (Å²) in [5.41, 5.74) is 6.45. The Kier molecular flexibility index (Phi) is 6.78. The fraction of sp³-hybridized carbons (Fsp3) is 0.733. The first-order chi connectivity index (χ1) is 9.06. The van der Waals surface area contributed by atoms with Crippen molar-refractivity contribution < 1.29 is 4.79 Å². The molecule has 1 unspecified atom stereocenters. The van der Waals surface area contributed by atoms with E-state index >= 15 is 0 Å². The Balaban J connectivity index is 2.37. The molecule has 4 nitrogen and oxygen atoms in total. The summed E-state index contributed by atoms with van der Waals surface area (Å²) >= 11 is 0. The van der Waals surface area contributed by atoms with Crippen molar-refractivity contribution in [2.24, 2.45) is 11.7 Å². The first-order valence-corrected chi connectivity index (χ1v) is 7.32. The number of carbonyl (C=O) groups excluding carboxylic acids is 1. The predicted molar refractivity (Wildman–Crippen MR) is 78.0 cm³/mol. The molecule has 0 aliphatic rings. The quantitative estimate of drug-likeness (QED) is 0.746. The second-order valence-corrected chi connectivity index (χ2v) is 5.49. The van der Waals surface area contributed by atoms with Gasteiger partial charge < -0.3 is 5.73 Å². The van der Waals surface area contributed by atoms with E-state index in [1.54, 1.807) is 0 Å². The molecular weight excluding hydrogens is 238 g/mol. The Labute approximate surface area is 116 Å². The molecule has 0 bridgehead atoms. The van der Waals surface area contributed by atoms with Crippen molar-refractivity contribution in [2.75, 3.05) is 6.54 Å². The number of Topliss-reactive ketones (excluding diaryl/α,β-unsaturated/α-hetero) is 1. The van der Waals surface area contributed by atoms with Crippen LogP contribution in [0.3, 0.4) is 0 Å². The van der Waals surface area contributed by atoms with Gasteiger partial charge in [0.1, 0.15) is 5.78 Å². The van der Waals surface area contributed by atoms with Crippen LogP contribution in [0, 0.1) is 5.92 Å². The first-order valence-electron chi connectivity index (χ1n) is 7.32. The second kappa shape index (κ2) is 8.10. The van der Waals surface area contributed by atoms with Crippen molar-refractivity contribution in [3.8, 4) is 0 Å². The molecule has 0 aromatic carbocycles. The maximum absolute atomic E-state index is 11.9. The van der Waals surface area contributed by atoms with Crippen LogP contribution in [0.1, 0.15) is 58.2 Å². The molecule has 0 radical (unpaired) electrons. The summed E-state index contributed by atoms with van der Waals surface area (Å²) in [4.78, 5) is 11.9. The maximum Gasteiger partial charge on any atom is 0.138 e. The lowest BCUT2D eigenvalue weighted by Gasteiger charge is -2.12. The Morgan fingerprint density at radius 2 is 2.16 bits per heavy atom. The molecule has 1 aromatic rings. The third-order valence-corrected chi connectivity index (χ3v) is 3.55. The number of ketones is 1. The largest absolute Gasteiger partial charge is 0.330 e. The van der Waals surface area contributed by atoms with Gasteiger partial charge in [-0.15, -0.1) is 0 Å². The number of nitrogens with zero attached hydrogens (tertiary/aromatic N) is 2. The Morgan fingerprint density at radius 1 is 1.42 bits per heavy atom. The summed E-state index contributed by atoms with van der Waals surface area (Å²) < 4.78 is 1.89. The molecule has 0 saturated heterocycles. The topological polar surface area (TPSA) is 60.9 Å². The van der Waals surface area contributed by atoms with E-state index in [9.17, 15) is 4.79 Å². The lowest BCUT2D eigenvalue weighted by Crippen LogP contribution is -2.11. The zero-order chi connectivity index (χ0) is 14.3. The first kappa shape index (κ1) is 15.9. The monoisotopic (exact) mass is 265 g/mol. The highest BCUT2D eigenvalue weighted by Crippen LogP contribution is 2.15. The van der Waals surface area contributed by atoms with Crippen LogP contribution < -0.4 is 5.73 Å². The van der Waals surface area contributed by atoms with Crippen LogP contribution in [0.15, 0.2) is 12.3 Å². The fourth-order valence-corrected chi connectivity index (χ4v) is 2.20. The van der Waals surface area contributed by atoms with Gasteiger partial charge in [-0.3, -0.25) is 9.48 Å². The van der Waals surface area contributed by atoms with Gasteiger partial charge in [-0.2, -0.15) is 5.10 Å². The molecular formula is C15H27N3O. The number of hydrogen-bond acceptors (Lipinski definition) is 3. The minimum absolute atomic E-state index is 0.282. The van der Waals surface area contributed by atoms with Crippen molar-refractivity contribution in [2.45, 2.75) is 58.9 Å². The van der Waals surface area contributed by atoms with Crippen LogP contribution in [0.25, 0.3) is 0 Å². The summed E-state index contributed by atoms with van der Waals surface area (Å²) in [7, 11) is 0. The van der Waals surface area contributed by atoms with Crippen LogP contribution in [0.5, 0.6) is 0 Å². The van der Waals surface area contributed by atoms with Crippen LogP contribution in [-0.2, 0) is 11.2 Å². The molecule has 108 valence electrons. The third kappa shape index (κ3) is 5.55. The molecule has 19 heavy (non-hydrogen) atoms. The average molecular weight is 265 g/mol. The third-order valence-electron chi connectivity index (χ3n) is 3.55. The summed E-state index contributed by atoms with van der Waals surface area (Å²) in [5.74, 6) is 0.867. The van der Waals surface area contributed by atoms with E-state index < -0.39 is 0 Å². The Morgan fingerprint density at radius 3 is 2.68 bits per heavy atom. The molecule has 0 amide bonds. The molecule has 0 spiro atoms.